The van der Waals surface area contributed by atoms with Crippen molar-refractivity contribution in [2.75, 3.05) is 0 Å². The number of halogens is 1. The van der Waals surface area contributed by atoms with E-state index in [1.165, 1.54) is 0 Å². The lowest BCUT2D eigenvalue weighted by Crippen LogP contribution is -2.39. The molecule has 0 fully saturated rings. The molecule has 4 rings (SSSR count). The molecule has 0 aliphatic heterocycles. The fraction of sp³-hybridized carbons (Fsp3) is 0.379. The summed E-state index contributed by atoms with van der Waals surface area (Å²) in [4.78, 5) is 26.1. The highest BCUT2D eigenvalue weighted by molar-refractivity contribution is 6.30. The summed E-state index contributed by atoms with van der Waals surface area (Å²) in [7, 11) is 0. The molecular weight excluding hydrogens is 490 g/mol. The summed E-state index contributed by atoms with van der Waals surface area (Å²) < 4.78 is 12.1. The van der Waals surface area contributed by atoms with Gasteiger partial charge in [-0.1, -0.05) is 58.4 Å². The molecule has 2 aromatic heterocycles. The Morgan fingerprint density at radius 1 is 1.05 bits per heavy atom. The normalized spacial score (nSPS) is 12.8. The fourth-order valence-corrected chi connectivity index (χ4v) is 4.38. The van der Waals surface area contributed by atoms with Gasteiger partial charge in [-0.3, -0.25) is 0 Å². The maximum Gasteiger partial charge on any atom is 0.345 e. The second-order valence-corrected chi connectivity index (χ2v) is 11.2. The first-order chi connectivity index (χ1) is 17.3. The number of oxazole rings is 1. The monoisotopic (exact) mass is 521 g/mol. The Kier molecular flexibility index (Phi) is 7.29. The summed E-state index contributed by atoms with van der Waals surface area (Å²) in [5.41, 5.74) is 4.74. The van der Waals surface area contributed by atoms with E-state index in [0.717, 1.165) is 27.9 Å². The van der Waals surface area contributed by atoms with Gasteiger partial charge in [-0.05, 0) is 60.7 Å². The summed E-state index contributed by atoms with van der Waals surface area (Å²) in [6, 6.07) is 11.4. The number of nitrogens with zero attached hydrogens (tertiary/aromatic N) is 3. The number of hydrogen-bond acceptors (Lipinski definition) is 6. The number of carboxylic acids is 1. The van der Waals surface area contributed by atoms with Crippen LogP contribution in [0.25, 0.3) is 22.7 Å². The number of benzene rings is 2. The predicted molar refractivity (Wildman–Crippen MR) is 144 cm³/mol. The van der Waals surface area contributed by atoms with E-state index in [9.17, 15) is 9.90 Å². The molecule has 2 aromatic carbocycles. The molecule has 7 nitrogen and oxygen atoms in total. The zero-order valence-corrected chi connectivity index (χ0v) is 23.0. The van der Waals surface area contributed by atoms with Crippen molar-refractivity contribution in [3.8, 4) is 17.2 Å². The van der Waals surface area contributed by atoms with Crippen molar-refractivity contribution in [2.45, 2.75) is 66.9 Å². The van der Waals surface area contributed by atoms with E-state index in [0.29, 0.717) is 40.1 Å². The predicted octanol–water partition coefficient (Wildman–Crippen LogP) is 7.15. The van der Waals surface area contributed by atoms with E-state index < -0.39 is 17.5 Å². The highest BCUT2D eigenvalue weighted by Crippen LogP contribution is 2.35. The molecule has 8 heteroatoms. The molecule has 0 bridgehead atoms. The minimum absolute atomic E-state index is 0.122. The van der Waals surface area contributed by atoms with Crippen LogP contribution >= 0.6 is 11.6 Å². The molecule has 0 amide bonds. The molecule has 0 saturated carbocycles. The van der Waals surface area contributed by atoms with Gasteiger partial charge in [-0.2, -0.15) is 4.98 Å². The van der Waals surface area contributed by atoms with Crippen molar-refractivity contribution in [1.82, 2.24) is 15.0 Å². The molecule has 37 heavy (non-hydrogen) atoms. The van der Waals surface area contributed by atoms with Gasteiger partial charge in [0.1, 0.15) is 11.6 Å². The van der Waals surface area contributed by atoms with Gasteiger partial charge in [0, 0.05) is 22.4 Å². The third-order valence-electron chi connectivity index (χ3n) is 6.11. The van der Waals surface area contributed by atoms with Gasteiger partial charge in [0.05, 0.1) is 5.69 Å². The highest BCUT2D eigenvalue weighted by Gasteiger charge is 2.34. The van der Waals surface area contributed by atoms with E-state index in [4.69, 9.17) is 30.7 Å². The van der Waals surface area contributed by atoms with Gasteiger partial charge in [-0.25, -0.2) is 14.8 Å². The van der Waals surface area contributed by atoms with Gasteiger partial charge < -0.3 is 14.3 Å². The molecule has 1 N–H and O–H groups in total. The van der Waals surface area contributed by atoms with Crippen molar-refractivity contribution >= 4 is 28.8 Å². The SMILES string of the molecule is Cc1cc(-c2nc3c(C(C)C)nc(Cc4ccc(Cl)cc4)nc3o2)cc(C)c1OC(C(=O)O)C(C)(C)C. The standard InChI is InChI=1S/C29H32ClN3O4/c1-15(2)22-23-27(32-21(31-22)14-18-8-10-20(30)11-9-18)37-26(33-23)19-12-16(3)24(17(4)13-19)36-25(28(34)35)29(5,6)7/h8-13,15,25H,14H2,1-7H3,(H,34,35). The average Bonchev–Trinajstić information content (AvgIpc) is 3.22. The van der Waals surface area contributed by atoms with Crippen LogP contribution in [0.2, 0.25) is 5.02 Å². The average molecular weight is 522 g/mol. The van der Waals surface area contributed by atoms with Crippen molar-refractivity contribution in [1.29, 1.82) is 0 Å². The number of rotatable bonds is 7. The third-order valence-corrected chi connectivity index (χ3v) is 6.36. The minimum Gasteiger partial charge on any atom is -0.478 e. The molecule has 1 atom stereocenters. The maximum atomic E-state index is 11.8. The van der Waals surface area contributed by atoms with E-state index in [-0.39, 0.29) is 5.92 Å². The van der Waals surface area contributed by atoms with E-state index in [1.807, 2.05) is 71.0 Å². The largest absolute Gasteiger partial charge is 0.478 e. The Labute approximate surface area is 221 Å². The van der Waals surface area contributed by atoms with Crippen LogP contribution in [0.5, 0.6) is 5.75 Å². The number of hydrogen-bond donors (Lipinski definition) is 1. The topological polar surface area (TPSA) is 98.3 Å². The molecule has 0 aliphatic rings. The van der Waals surface area contributed by atoms with Crippen LogP contribution in [0, 0.1) is 19.3 Å². The molecule has 0 saturated heterocycles. The van der Waals surface area contributed by atoms with Crippen LogP contribution in [-0.4, -0.2) is 32.1 Å². The van der Waals surface area contributed by atoms with Gasteiger partial charge in [-0.15, -0.1) is 0 Å². The van der Waals surface area contributed by atoms with Crippen LogP contribution in [0.4, 0.5) is 0 Å². The Morgan fingerprint density at radius 3 is 2.22 bits per heavy atom. The van der Waals surface area contributed by atoms with Crippen LogP contribution in [-0.2, 0) is 11.2 Å². The van der Waals surface area contributed by atoms with E-state index >= 15 is 0 Å². The Morgan fingerprint density at radius 2 is 1.68 bits per heavy atom. The number of aliphatic carboxylic acids is 1. The third kappa shape index (κ3) is 5.77. The number of ether oxygens (including phenoxy) is 1. The first-order valence-corrected chi connectivity index (χ1v) is 12.6. The zero-order chi connectivity index (χ0) is 27.1. The van der Waals surface area contributed by atoms with Crippen LogP contribution < -0.4 is 4.74 Å². The van der Waals surface area contributed by atoms with Crippen molar-refractivity contribution < 1.29 is 19.1 Å². The van der Waals surface area contributed by atoms with Crippen molar-refractivity contribution in [3.63, 3.8) is 0 Å². The summed E-state index contributed by atoms with van der Waals surface area (Å²) >= 11 is 6.02. The molecule has 1 unspecified atom stereocenters. The Balaban J connectivity index is 1.72. The van der Waals surface area contributed by atoms with Crippen LogP contribution in [0.15, 0.2) is 40.8 Å². The molecule has 194 valence electrons. The lowest BCUT2D eigenvalue weighted by Gasteiger charge is -2.29. The van der Waals surface area contributed by atoms with Gasteiger partial charge >= 0.3 is 5.97 Å². The zero-order valence-electron chi connectivity index (χ0n) is 22.2. The Hall–Kier alpha value is -3.45. The van der Waals surface area contributed by atoms with Crippen molar-refractivity contribution in [2.24, 2.45) is 5.41 Å². The number of fused-ring (bicyclic) bond motifs is 1. The fourth-order valence-electron chi connectivity index (χ4n) is 4.25. The second kappa shape index (κ2) is 10.1. The van der Waals surface area contributed by atoms with E-state index in [1.54, 1.807) is 0 Å². The summed E-state index contributed by atoms with van der Waals surface area (Å²) in [5.74, 6) is 0.757. The van der Waals surface area contributed by atoms with Gasteiger partial charge in [0.25, 0.3) is 5.71 Å². The van der Waals surface area contributed by atoms with Gasteiger partial charge in [0.2, 0.25) is 5.89 Å². The minimum atomic E-state index is -0.997. The first-order valence-electron chi connectivity index (χ1n) is 12.3. The van der Waals surface area contributed by atoms with Gasteiger partial charge in [0.15, 0.2) is 11.6 Å². The highest BCUT2D eigenvalue weighted by atomic mass is 35.5. The second-order valence-electron chi connectivity index (χ2n) is 10.8. The molecule has 0 aliphatic carbocycles. The summed E-state index contributed by atoms with van der Waals surface area (Å²) in [5, 5.41) is 10.4. The van der Waals surface area contributed by atoms with E-state index in [2.05, 4.69) is 18.8 Å². The lowest BCUT2D eigenvalue weighted by molar-refractivity contribution is -0.150. The van der Waals surface area contributed by atoms with Crippen LogP contribution in [0.1, 0.15) is 68.7 Å². The molecule has 0 radical (unpaired) electrons. The lowest BCUT2D eigenvalue weighted by atomic mass is 9.89. The van der Waals surface area contributed by atoms with Crippen LogP contribution in [0.3, 0.4) is 0 Å². The number of carboxylic acid groups (broad SMARTS) is 1. The quantitative estimate of drug-likeness (QED) is 0.275. The first kappa shape index (κ1) is 26.6. The summed E-state index contributed by atoms with van der Waals surface area (Å²) in [6.07, 6.45) is -0.436. The Bertz CT molecular complexity index is 1430. The molecule has 2 heterocycles. The molecule has 4 aromatic rings. The number of aromatic nitrogens is 3. The summed E-state index contributed by atoms with van der Waals surface area (Å²) in [6.45, 7) is 13.4. The smallest absolute Gasteiger partial charge is 0.345 e. The molecule has 0 spiro atoms. The number of carbonyl (C=O) groups is 1. The van der Waals surface area contributed by atoms with Crippen molar-refractivity contribution in [3.05, 3.63) is 69.6 Å². The maximum absolute atomic E-state index is 11.8. The molecular formula is C29H32ClN3O4. The number of aryl methyl sites for hydroxylation is 2.